The number of carbonyl (C=O) groups is 1. The molecule has 0 bridgehead atoms. The van der Waals surface area contributed by atoms with Crippen molar-refractivity contribution in [3.05, 3.63) is 39.7 Å². The third kappa shape index (κ3) is 2.48. The molecule has 0 saturated carbocycles. The van der Waals surface area contributed by atoms with Crippen LogP contribution in [0.4, 0.5) is 0 Å². The molecule has 2 aromatic heterocycles. The molecule has 3 rings (SSSR count). The first-order chi connectivity index (χ1) is 9.97. The van der Waals surface area contributed by atoms with E-state index in [0.717, 1.165) is 0 Å². The van der Waals surface area contributed by atoms with Gasteiger partial charge in [-0.05, 0) is 29.8 Å². The standard InChI is InChI=1S/C13H7Cl3N2O3/c14-7-3-9-10(4-8(7)15)18(5-11(19)20)13(17-9)6-1-2-21-12(6)16/h1-4H,5H2,(H,19,20). The van der Waals surface area contributed by atoms with Crippen LogP contribution >= 0.6 is 34.8 Å². The molecular weight excluding hydrogens is 339 g/mol. The average molecular weight is 346 g/mol. The summed E-state index contributed by atoms with van der Waals surface area (Å²) in [5.41, 5.74) is 1.58. The summed E-state index contributed by atoms with van der Waals surface area (Å²) in [4.78, 5) is 15.5. The Hall–Kier alpha value is -1.69. The molecule has 0 unspecified atom stereocenters. The largest absolute Gasteiger partial charge is 0.480 e. The lowest BCUT2D eigenvalue weighted by Gasteiger charge is -2.05. The minimum absolute atomic E-state index is 0.133. The van der Waals surface area contributed by atoms with Gasteiger partial charge < -0.3 is 14.1 Å². The van der Waals surface area contributed by atoms with Gasteiger partial charge in [-0.3, -0.25) is 4.79 Å². The highest BCUT2D eigenvalue weighted by atomic mass is 35.5. The van der Waals surface area contributed by atoms with Crippen LogP contribution in [0.3, 0.4) is 0 Å². The number of fused-ring (bicyclic) bond motifs is 1. The summed E-state index contributed by atoms with van der Waals surface area (Å²) in [5, 5.41) is 9.89. The van der Waals surface area contributed by atoms with Gasteiger partial charge in [0.05, 0.1) is 32.9 Å². The molecule has 0 aliphatic rings. The minimum atomic E-state index is -1.01. The van der Waals surface area contributed by atoms with Gasteiger partial charge in [-0.25, -0.2) is 4.98 Å². The van der Waals surface area contributed by atoms with E-state index in [0.29, 0.717) is 32.5 Å². The summed E-state index contributed by atoms with van der Waals surface area (Å²) >= 11 is 17.9. The molecular formula is C13H7Cl3N2O3. The summed E-state index contributed by atoms with van der Waals surface area (Å²) in [5.74, 6) is -0.634. The van der Waals surface area contributed by atoms with E-state index < -0.39 is 5.97 Å². The van der Waals surface area contributed by atoms with Crippen molar-refractivity contribution in [3.63, 3.8) is 0 Å². The van der Waals surface area contributed by atoms with Crippen LogP contribution in [0.2, 0.25) is 15.3 Å². The number of carboxylic acids is 1. The van der Waals surface area contributed by atoms with Gasteiger partial charge in [0.25, 0.3) is 0 Å². The number of halogens is 3. The number of nitrogens with zero attached hydrogens (tertiary/aromatic N) is 2. The van der Waals surface area contributed by atoms with Crippen LogP contribution < -0.4 is 0 Å². The zero-order valence-corrected chi connectivity index (χ0v) is 12.6. The van der Waals surface area contributed by atoms with Gasteiger partial charge in [0.15, 0.2) is 0 Å². The van der Waals surface area contributed by atoms with Crippen molar-refractivity contribution in [2.75, 3.05) is 0 Å². The van der Waals surface area contributed by atoms with Gasteiger partial charge in [0, 0.05) is 0 Å². The Morgan fingerprint density at radius 1 is 1.29 bits per heavy atom. The van der Waals surface area contributed by atoms with Crippen molar-refractivity contribution in [2.45, 2.75) is 6.54 Å². The molecule has 1 aromatic carbocycles. The molecule has 5 nitrogen and oxygen atoms in total. The molecule has 0 saturated heterocycles. The average Bonchev–Trinajstić information content (AvgIpc) is 2.95. The number of imidazole rings is 1. The summed E-state index contributed by atoms with van der Waals surface area (Å²) in [6.07, 6.45) is 1.40. The third-order valence-corrected chi connectivity index (χ3v) is 3.96. The predicted octanol–water partition coefficient (Wildman–Crippen LogP) is 4.34. The molecule has 0 aliphatic heterocycles. The number of rotatable bonds is 3. The van der Waals surface area contributed by atoms with Crippen LogP contribution in [0, 0.1) is 0 Å². The summed E-state index contributed by atoms with van der Waals surface area (Å²) in [6, 6.07) is 4.77. The molecule has 0 atom stereocenters. The van der Waals surface area contributed by atoms with Gasteiger partial charge in [0.1, 0.15) is 12.4 Å². The van der Waals surface area contributed by atoms with E-state index >= 15 is 0 Å². The van der Waals surface area contributed by atoms with Crippen LogP contribution in [0.1, 0.15) is 0 Å². The first kappa shape index (κ1) is 14.3. The monoisotopic (exact) mass is 344 g/mol. The number of hydrogen-bond donors (Lipinski definition) is 1. The van der Waals surface area contributed by atoms with Gasteiger partial charge >= 0.3 is 5.97 Å². The van der Waals surface area contributed by atoms with Crippen molar-refractivity contribution in [2.24, 2.45) is 0 Å². The van der Waals surface area contributed by atoms with Gasteiger partial charge in [-0.15, -0.1) is 0 Å². The van der Waals surface area contributed by atoms with E-state index in [-0.39, 0.29) is 11.8 Å². The van der Waals surface area contributed by atoms with E-state index in [1.54, 1.807) is 18.2 Å². The number of hydrogen-bond acceptors (Lipinski definition) is 3. The normalized spacial score (nSPS) is 11.2. The molecule has 2 heterocycles. The number of aliphatic carboxylic acids is 1. The summed E-state index contributed by atoms with van der Waals surface area (Å²) in [6.45, 7) is -0.286. The van der Waals surface area contributed by atoms with Crippen LogP contribution in [0.25, 0.3) is 22.4 Å². The Balaban J connectivity index is 2.33. The lowest BCUT2D eigenvalue weighted by molar-refractivity contribution is -0.137. The molecule has 3 aromatic rings. The van der Waals surface area contributed by atoms with Gasteiger partial charge in [-0.2, -0.15) is 0 Å². The Morgan fingerprint density at radius 2 is 2.00 bits per heavy atom. The maximum Gasteiger partial charge on any atom is 0.323 e. The highest BCUT2D eigenvalue weighted by Gasteiger charge is 2.19. The zero-order chi connectivity index (χ0) is 15.1. The molecule has 8 heteroatoms. The molecule has 1 N–H and O–H groups in total. The van der Waals surface area contributed by atoms with Crippen LogP contribution in [0.15, 0.2) is 28.9 Å². The fourth-order valence-electron chi connectivity index (χ4n) is 2.07. The molecule has 0 fully saturated rings. The van der Waals surface area contributed by atoms with Crippen molar-refractivity contribution in [3.8, 4) is 11.4 Å². The lowest BCUT2D eigenvalue weighted by Crippen LogP contribution is -2.09. The van der Waals surface area contributed by atoms with Crippen molar-refractivity contribution in [1.82, 2.24) is 9.55 Å². The summed E-state index contributed by atoms with van der Waals surface area (Å²) < 4.78 is 6.53. The Kier molecular flexibility index (Phi) is 3.57. The van der Waals surface area contributed by atoms with Gasteiger partial charge in [-0.1, -0.05) is 23.2 Å². The number of furan rings is 1. The zero-order valence-electron chi connectivity index (χ0n) is 10.3. The third-order valence-electron chi connectivity index (χ3n) is 2.94. The second kappa shape index (κ2) is 5.26. The number of benzene rings is 1. The molecule has 0 amide bonds. The highest BCUT2D eigenvalue weighted by molar-refractivity contribution is 6.42. The Morgan fingerprint density at radius 3 is 2.62 bits per heavy atom. The smallest absolute Gasteiger partial charge is 0.323 e. The first-order valence-corrected chi connectivity index (χ1v) is 6.91. The molecule has 21 heavy (non-hydrogen) atoms. The lowest BCUT2D eigenvalue weighted by atomic mass is 10.3. The van der Waals surface area contributed by atoms with Crippen LogP contribution in [-0.2, 0) is 11.3 Å². The highest BCUT2D eigenvalue weighted by Crippen LogP contribution is 2.34. The maximum absolute atomic E-state index is 11.1. The van der Waals surface area contributed by atoms with Gasteiger partial charge in [0.2, 0.25) is 5.22 Å². The van der Waals surface area contributed by atoms with E-state index in [1.807, 2.05) is 0 Å². The number of aromatic nitrogens is 2. The fraction of sp³-hybridized carbons (Fsp3) is 0.0769. The Bertz CT molecular complexity index is 854. The van der Waals surface area contributed by atoms with E-state index in [2.05, 4.69) is 4.98 Å². The predicted molar refractivity (Wildman–Crippen MR) is 80.1 cm³/mol. The molecule has 0 spiro atoms. The second-order valence-electron chi connectivity index (χ2n) is 4.28. The van der Waals surface area contributed by atoms with Crippen LogP contribution in [-0.4, -0.2) is 20.6 Å². The maximum atomic E-state index is 11.1. The molecule has 108 valence electrons. The van der Waals surface area contributed by atoms with E-state index in [4.69, 9.17) is 44.3 Å². The quantitative estimate of drug-likeness (QED) is 0.766. The van der Waals surface area contributed by atoms with E-state index in [1.165, 1.54) is 10.8 Å². The van der Waals surface area contributed by atoms with Crippen molar-refractivity contribution < 1.29 is 14.3 Å². The minimum Gasteiger partial charge on any atom is -0.480 e. The van der Waals surface area contributed by atoms with Crippen molar-refractivity contribution >= 4 is 51.8 Å². The fourth-order valence-corrected chi connectivity index (χ4v) is 2.59. The van der Waals surface area contributed by atoms with Crippen LogP contribution in [0.5, 0.6) is 0 Å². The summed E-state index contributed by atoms with van der Waals surface area (Å²) in [7, 11) is 0. The SMILES string of the molecule is O=C(O)Cn1c(-c2ccoc2Cl)nc2cc(Cl)c(Cl)cc21. The number of carboxylic acid groups (broad SMARTS) is 1. The Labute approximate surface area is 133 Å². The van der Waals surface area contributed by atoms with E-state index in [9.17, 15) is 4.79 Å². The molecule has 0 radical (unpaired) electrons. The van der Waals surface area contributed by atoms with Crippen molar-refractivity contribution in [1.29, 1.82) is 0 Å². The molecule has 0 aliphatic carbocycles. The second-order valence-corrected chi connectivity index (χ2v) is 5.44. The first-order valence-electron chi connectivity index (χ1n) is 5.78. The topological polar surface area (TPSA) is 68.3 Å².